The molecule has 118 valence electrons. The molecule has 0 unspecified atom stereocenters. The summed E-state index contributed by atoms with van der Waals surface area (Å²) >= 11 is 3.37. The van der Waals surface area contributed by atoms with Crippen LogP contribution in [-0.2, 0) is 21.5 Å². The molecule has 1 aliphatic rings. The number of Topliss-reactive ketones (excluding diaryl/α,β-unsaturated/α-hetero) is 1. The van der Waals surface area contributed by atoms with Crippen LogP contribution in [0.4, 0.5) is 5.69 Å². The first kappa shape index (κ1) is 19.3. The largest absolute Gasteiger partial charge is 1.00 e. The number of anilines is 1. The van der Waals surface area contributed by atoms with E-state index in [1.54, 1.807) is 12.1 Å². The van der Waals surface area contributed by atoms with E-state index in [1.807, 2.05) is 12.1 Å². The molecule has 3 rings (SSSR count). The van der Waals surface area contributed by atoms with Gasteiger partial charge in [0, 0.05) is 4.47 Å². The predicted octanol–water partition coefficient (Wildman–Crippen LogP) is -0.913. The van der Waals surface area contributed by atoms with Gasteiger partial charge in [0.2, 0.25) is 0 Å². The molecule has 1 amide bonds. The summed E-state index contributed by atoms with van der Waals surface area (Å²) < 4.78 is 34.0. The Morgan fingerprint density at radius 1 is 1.08 bits per heavy atom. The standard InChI is InChI=1S/C15H10BrNO5S.Na/c16-12-4-2-1-3-9(12)8-17-13-6-5-10(23(20,21)22)7-11(13)14(18)15(17)19;/h1-7H,8H2,(H,20,21,22);/q;+1/p-1. The van der Waals surface area contributed by atoms with Crippen LogP contribution in [0.2, 0.25) is 0 Å². The van der Waals surface area contributed by atoms with Gasteiger partial charge in [0.15, 0.2) is 0 Å². The Hall–Kier alpha value is -1.03. The maximum atomic E-state index is 12.2. The third-order valence-corrected chi connectivity index (χ3v) is 5.12. The average molecular weight is 418 g/mol. The minimum atomic E-state index is -4.69. The van der Waals surface area contributed by atoms with Crippen LogP contribution >= 0.6 is 15.9 Å². The Balaban J connectivity index is 0.00000208. The molecule has 0 atom stereocenters. The van der Waals surface area contributed by atoms with Crippen LogP contribution in [-0.4, -0.2) is 24.7 Å². The van der Waals surface area contributed by atoms with Crippen LogP contribution in [0.15, 0.2) is 51.8 Å². The van der Waals surface area contributed by atoms with Crippen molar-refractivity contribution in [2.45, 2.75) is 11.4 Å². The number of carbonyl (C=O) groups excluding carboxylic acids is 2. The van der Waals surface area contributed by atoms with Gasteiger partial charge in [-0.15, -0.1) is 0 Å². The third kappa shape index (κ3) is 3.49. The number of benzene rings is 2. The second-order valence-electron chi connectivity index (χ2n) is 4.94. The molecule has 0 aliphatic carbocycles. The molecule has 0 saturated carbocycles. The first-order valence-corrected chi connectivity index (χ1v) is 8.68. The van der Waals surface area contributed by atoms with E-state index in [1.165, 1.54) is 11.0 Å². The molecular formula is C15H9BrNNaO5S. The van der Waals surface area contributed by atoms with Crippen LogP contribution in [0.3, 0.4) is 0 Å². The van der Waals surface area contributed by atoms with E-state index in [-0.39, 0.29) is 41.7 Å². The topological polar surface area (TPSA) is 94.6 Å². The van der Waals surface area contributed by atoms with Gasteiger partial charge in [0.1, 0.15) is 10.1 Å². The van der Waals surface area contributed by atoms with Gasteiger partial charge in [0.25, 0.3) is 11.7 Å². The maximum absolute atomic E-state index is 12.2. The van der Waals surface area contributed by atoms with Crippen molar-refractivity contribution in [3.8, 4) is 0 Å². The number of fused-ring (bicyclic) bond motifs is 1. The molecule has 2 aromatic carbocycles. The fraction of sp³-hybridized carbons (Fsp3) is 0.0667. The number of rotatable bonds is 3. The summed E-state index contributed by atoms with van der Waals surface area (Å²) in [6.07, 6.45) is 0. The van der Waals surface area contributed by atoms with E-state index in [0.29, 0.717) is 5.69 Å². The summed E-state index contributed by atoms with van der Waals surface area (Å²) in [6.45, 7) is 0.155. The molecule has 9 heteroatoms. The van der Waals surface area contributed by atoms with Gasteiger partial charge in [-0.2, -0.15) is 0 Å². The number of amides is 1. The zero-order valence-corrected chi connectivity index (χ0v) is 16.9. The van der Waals surface area contributed by atoms with E-state index in [0.717, 1.165) is 22.2 Å². The van der Waals surface area contributed by atoms with Gasteiger partial charge in [-0.1, -0.05) is 34.1 Å². The Bertz CT molecular complexity index is 945. The first-order chi connectivity index (χ1) is 10.8. The number of nitrogens with zero attached hydrogens (tertiary/aromatic N) is 1. The smallest absolute Gasteiger partial charge is 0.744 e. The molecule has 1 heterocycles. The molecule has 0 radical (unpaired) electrons. The summed E-state index contributed by atoms with van der Waals surface area (Å²) in [6, 6.07) is 10.6. The van der Waals surface area contributed by atoms with Crippen molar-refractivity contribution < 1.29 is 52.1 Å². The second kappa shape index (κ2) is 7.07. The summed E-state index contributed by atoms with van der Waals surface area (Å²) in [5.41, 5.74) is 1.02. The summed E-state index contributed by atoms with van der Waals surface area (Å²) in [7, 11) is -4.69. The van der Waals surface area contributed by atoms with E-state index in [2.05, 4.69) is 15.9 Å². The third-order valence-electron chi connectivity index (χ3n) is 3.52. The van der Waals surface area contributed by atoms with Crippen molar-refractivity contribution in [1.82, 2.24) is 0 Å². The molecule has 6 nitrogen and oxygen atoms in total. The molecule has 0 bridgehead atoms. The monoisotopic (exact) mass is 417 g/mol. The van der Waals surface area contributed by atoms with Crippen molar-refractivity contribution in [3.63, 3.8) is 0 Å². The predicted molar refractivity (Wildman–Crippen MR) is 84.1 cm³/mol. The van der Waals surface area contributed by atoms with E-state index < -0.39 is 26.7 Å². The van der Waals surface area contributed by atoms with Gasteiger partial charge in [-0.25, -0.2) is 8.42 Å². The van der Waals surface area contributed by atoms with Crippen molar-refractivity contribution in [2.24, 2.45) is 0 Å². The SMILES string of the molecule is O=C1C(=O)N(Cc2ccccc2Br)c2ccc(S(=O)(=O)[O-])cc21.[Na+]. The van der Waals surface area contributed by atoms with Gasteiger partial charge < -0.3 is 9.45 Å². The van der Waals surface area contributed by atoms with E-state index in [4.69, 9.17) is 0 Å². The van der Waals surface area contributed by atoms with Gasteiger partial charge in [0.05, 0.1) is 22.7 Å². The fourth-order valence-corrected chi connectivity index (χ4v) is 3.30. The first-order valence-electron chi connectivity index (χ1n) is 6.48. The number of hydrogen-bond donors (Lipinski definition) is 0. The maximum Gasteiger partial charge on any atom is 1.00 e. The van der Waals surface area contributed by atoms with Crippen molar-refractivity contribution >= 4 is 43.4 Å². The molecule has 2 aromatic rings. The minimum absolute atomic E-state index is 0. The Morgan fingerprint density at radius 2 is 1.75 bits per heavy atom. The van der Waals surface area contributed by atoms with Crippen LogP contribution in [0, 0.1) is 0 Å². The Labute approximate surface area is 169 Å². The minimum Gasteiger partial charge on any atom is -0.744 e. The van der Waals surface area contributed by atoms with Crippen LogP contribution in [0.1, 0.15) is 15.9 Å². The summed E-state index contributed by atoms with van der Waals surface area (Å²) in [4.78, 5) is 25.0. The van der Waals surface area contributed by atoms with Crippen LogP contribution in [0.25, 0.3) is 0 Å². The molecular weight excluding hydrogens is 409 g/mol. The van der Waals surface area contributed by atoms with Crippen molar-refractivity contribution in [1.29, 1.82) is 0 Å². The van der Waals surface area contributed by atoms with Crippen LogP contribution in [0.5, 0.6) is 0 Å². The van der Waals surface area contributed by atoms with Crippen LogP contribution < -0.4 is 34.5 Å². The van der Waals surface area contributed by atoms with E-state index >= 15 is 0 Å². The molecule has 24 heavy (non-hydrogen) atoms. The number of hydrogen-bond acceptors (Lipinski definition) is 5. The van der Waals surface area contributed by atoms with Gasteiger partial charge in [-0.3, -0.25) is 9.59 Å². The summed E-state index contributed by atoms with van der Waals surface area (Å²) in [5, 5.41) is 0. The Kier molecular flexibility index (Phi) is 5.68. The second-order valence-corrected chi connectivity index (χ2v) is 7.18. The summed E-state index contributed by atoms with van der Waals surface area (Å²) in [5.74, 6) is -1.58. The molecule has 0 aromatic heterocycles. The number of ketones is 1. The molecule has 0 saturated heterocycles. The molecule has 0 spiro atoms. The average Bonchev–Trinajstić information content (AvgIpc) is 2.73. The van der Waals surface area contributed by atoms with Crippen molar-refractivity contribution in [2.75, 3.05) is 4.90 Å². The molecule has 1 aliphatic heterocycles. The number of carbonyl (C=O) groups is 2. The molecule has 0 N–H and O–H groups in total. The molecule has 0 fully saturated rings. The fourth-order valence-electron chi connectivity index (χ4n) is 2.39. The normalized spacial score (nSPS) is 13.7. The quantitative estimate of drug-likeness (QED) is 0.366. The zero-order chi connectivity index (χ0) is 16.8. The Morgan fingerprint density at radius 3 is 2.38 bits per heavy atom. The zero-order valence-electron chi connectivity index (χ0n) is 12.5. The van der Waals surface area contributed by atoms with Gasteiger partial charge in [-0.05, 0) is 29.8 Å². The number of halogens is 1. The van der Waals surface area contributed by atoms with Gasteiger partial charge >= 0.3 is 29.6 Å². The van der Waals surface area contributed by atoms with E-state index in [9.17, 15) is 22.6 Å². The van der Waals surface area contributed by atoms with Crippen molar-refractivity contribution in [3.05, 3.63) is 58.1 Å².